The van der Waals surface area contributed by atoms with Crippen molar-refractivity contribution >= 4 is 46.1 Å². The molecule has 1 aromatic heterocycles. The van der Waals surface area contributed by atoms with E-state index in [4.69, 9.17) is 11.6 Å². The first-order valence-corrected chi connectivity index (χ1v) is 8.67. The number of halogens is 1. The van der Waals surface area contributed by atoms with Crippen LogP contribution >= 0.6 is 22.9 Å². The molecule has 2 N–H and O–H groups in total. The van der Waals surface area contributed by atoms with E-state index in [1.54, 1.807) is 41.8 Å². The average Bonchev–Trinajstić information content (AvgIpc) is 3.05. The Bertz CT molecular complexity index is 922. The Morgan fingerprint density at radius 1 is 1.04 bits per heavy atom. The minimum absolute atomic E-state index is 0.171. The van der Waals surface area contributed by atoms with Gasteiger partial charge in [0.2, 0.25) is 5.91 Å². The average molecular weight is 372 g/mol. The van der Waals surface area contributed by atoms with Gasteiger partial charge in [-0.15, -0.1) is 11.3 Å². The number of hydrogen-bond donors (Lipinski definition) is 2. The molecule has 2 amide bonds. The Hall–Kier alpha value is -2.70. The van der Waals surface area contributed by atoms with Gasteiger partial charge in [-0.2, -0.15) is 0 Å². The highest BCUT2D eigenvalue weighted by molar-refractivity contribution is 7.13. The second-order valence-electron chi connectivity index (χ2n) is 5.26. The van der Waals surface area contributed by atoms with E-state index in [9.17, 15) is 9.59 Å². The predicted molar refractivity (Wildman–Crippen MR) is 101 cm³/mol. The maximum Gasteiger partial charge on any atom is 0.275 e. The summed E-state index contributed by atoms with van der Waals surface area (Å²) in [7, 11) is 0. The minimum Gasteiger partial charge on any atom is -0.326 e. The fourth-order valence-electron chi connectivity index (χ4n) is 2.18. The maximum absolute atomic E-state index is 12.4. The maximum atomic E-state index is 12.4. The molecule has 1 heterocycles. The number of aromatic nitrogens is 1. The van der Waals surface area contributed by atoms with Crippen LogP contribution in [0.5, 0.6) is 0 Å². The van der Waals surface area contributed by atoms with Crippen LogP contribution in [0.25, 0.3) is 10.6 Å². The van der Waals surface area contributed by atoms with E-state index in [1.165, 1.54) is 18.3 Å². The van der Waals surface area contributed by atoms with Gasteiger partial charge in [-0.1, -0.05) is 29.8 Å². The topological polar surface area (TPSA) is 71.1 Å². The van der Waals surface area contributed by atoms with E-state index in [0.717, 1.165) is 10.6 Å². The molecule has 126 valence electrons. The summed E-state index contributed by atoms with van der Waals surface area (Å²) in [5.74, 6) is -0.480. The van der Waals surface area contributed by atoms with E-state index in [1.807, 2.05) is 12.1 Å². The number of nitrogens with zero attached hydrogens (tertiary/aromatic N) is 1. The fraction of sp³-hybridized carbons (Fsp3) is 0.0556. The molecular formula is C18H14ClN3O2S. The van der Waals surface area contributed by atoms with Gasteiger partial charge >= 0.3 is 0 Å². The molecule has 3 rings (SSSR count). The molecule has 3 aromatic rings. The van der Waals surface area contributed by atoms with Crippen molar-refractivity contribution in [2.75, 3.05) is 10.6 Å². The molecule has 0 spiro atoms. The molecule has 5 nitrogen and oxygen atoms in total. The quantitative estimate of drug-likeness (QED) is 0.699. The Labute approximate surface area is 153 Å². The number of amides is 2. The Kier molecular flexibility index (Phi) is 5.11. The van der Waals surface area contributed by atoms with Gasteiger partial charge < -0.3 is 10.6 Å². The van der Waals surface area contributed by atoms with Crippen LogP contribution in [-0.2, 0) is 4.79 Å². The molecule has 0 radical (unpaired) electrons. The van der Waals surface area contributed by atoms with Crippen LogP contribution in [0.3, 0.4) is 0 Å². The number of nitrogens with one attached hydrogen (secondary N) is 2. The number of anilines is 2. The molecule has 0 saturated carbocycles. The number of thiazole rings is 1. The smallest absolute Gasteiger partial charge is 0.275 e. The third-order valence-corrected chi connectivity index (χ3v) is 4.41. The van der Waals surface area contributed by atoms with Crippen LogP contribution in [0.1, 0.15) is 17.4 Å². The molecular weight excluding hydrogens is 358 g/mol. The zero-order valence-electron chi connectivity index (χ0n) is 13.2. The summed E-state index contributed by atoms with van der Waals surface area (Å²) in [6, 6.07) is 14.2. The number of carbonyl (C=O) groups excluding carboxylic acids is 2. The van der Waals surface area contributed by atoms with Crippen LogP contribution in [0, 0.1) is 0 Å². The molecule has 2 aromatic carbocycles. The van der Waals surface area contributed by atoms with Gasteiger partial charge in [0.05, 0.1) is 0 Å². The van der Waals surface area contributed by atoms with Gasteiger partial charge in [-0.05, 0) is 30.3 Å². The third-order valence-electron chi connectivity index (χ3n) is 3.27. The van der Waals surface area contributed by atoms with Crippen LogP contribution in [0.4, 0.5) is 11.4 Å². The van der Waals surface area contributed by atoms with E-state index in [0.29, 0.717) is 22.1 Å². The lowest BCUT2D eigenvalue weighted by Gasteiger charge is -2.06. The molecule has 0 aliphatic carbocycles. The summed E-state index contributed by atoms with van der Waals surface area (Å²) >= 11 is 7.27. The monoisotopic (exact) mass is 371 g/mol. The van der Waals surface area contributed by atoms with Gasteiger partial charge in [0.1, 0.15) is 10.7 Å². The first-order chi connectivity index (χ1) is 12.0. The summed E-state index contributed by atoms with van der Waals surface area (Å²) in [5.41, 5.74) is 2.43. The second-order valence-corrected chi connectivity index (χ2v) is 6.56. The largest absolute Gasteiger partial charge is 0.326 e. The van der Waals surface area contributed by atoms with Crippen molar-refractivity contribution in [3.63, 3.8) is 0 Å². The molecule has 0 aliphatic heterocycles. The number of hydrogen-bond acceptors (Lipinski definition) is 4. The summed E-state index contributed by atoms with van der Waals surface area (Å²) in [5, 5.41) is 8.55. The van der Waals surface area contributed by atoms with Gasteiger partial charge in [0, 0.05) is 34.3 Å². The van der Waals surface area contributed by atoms with Crippen LogP contribution in [0.15, 0.2) is 53.9 Å². The van der Waals surface area contributed by atoms with Crippen molar-refractivity contribution in [3.8, 4) is 10.6 Å². The highest BCUT2D eigenvalue weighted by Crippen LogP contribution is 2.25. The molecule has 7 heteroatoms. The van der Waals surface area contributed by atoms with E-state index < -0.39 is 0 Å². The Morgan fingerprint density at radius 3 is 2.40 bits per heavy atom. The van der Waals surface area contributed by atoms with Crippen molar-refractivity contribution in [3.05, 3.63) is 64.6 Å². The van der Waals surface area contributed by atoms with Gasteiger partial charge in [0.25, 0.3) is 5.91 Å². The van der Waals surface area contributed by atoms with Crippen LogP contribution in [-0.4, -0.2) is 16.8 Å². The summed E-state index contributed by atoms with van der Waals surface area (Å²) in [6.45, 7) is 1.43. The first kappa shape index (κ1) is 17.1. The first-order valence-electron chi connectivity index (χ1n) is 7.42. The molecule has 0 unspecified atom stereocenters. The van der Waals surface area contributed by atoms with E-state index >= 15 is 0 Å². The normalized spacial score (nSPS) is 10.3. The molecule has 25 heavy (non-hydrogen) atoms. The van der Waals surface area contributed by atoms with Crippen molar-refractivity contribution < 1.29 is 9.59 Å². The summed E-state index contributed by atoms with van der Waals surface area (Å²) in [6.07, 6.45) is 0. The molecule has 0 saturated heterocycles. The lowest BCUT2D eigenvalue weighted by atomic mass is 10.2. The highest BCUT2D eigenvalue weighted by atomic mass is 35.5. The predicted octanol–water partition coefficient (Wildman–Crippen LogP) is 4.67. The summed E-state index contributed by atoms with van der Waals surface area (Å²) in [4.78, 5) is 27.9. The number of carbonyl (C=O) groups is 2. The number of benzene rings is 2. The third kappa shape index (κ3) is 4.43. The number of rotatable bonds is 4. The minimum atomic E-state index is -0.309. The zero-order valence-corrected chi connectivity index (χ0v) is 14.8. The SMILES string of the molecule is CC(=O)Nc1cccc(NC(=O)c2csc(-c3ccc(Cl)cc3)n2)c1. The van der Waals surface area contributed by atoms with Crippen molar-refractivity contribution in [1.29, 1.82) is 0 Å². The molecule has 0 atom stereocenters. The second kappa shape index (κ2) is 7.46. The Balaban J connectivity index is 1.74. The van der Waals surface area contributed by atoms with Gasteiger partial charge in [-0.3, -0.25) is 9.59 Å². The van der Waals surface area contributed by atoms with Crippen LogP contribution < -0.4 is 10.6 Å². The van der Waals surface area contributed by atoms with Gasteiger partial charge in [-0.25, -0.2) is 4.98 Å². The van der Waals surface area contributed by atoms with Crippen molar-refractivity contribution in [1.82, 2.24) is 4.98 Å². The lowest BCUT2D eigenvalue weighted by Crippen LogP contribution is -2.13. The summed E-state index contributed by atoms with van der Waals surface area (Å²) < 4.78 is 0. The van der Waals surface area contributed by atoms with E-state index in [-0.39, 0.29) is 11.8 Å². The highest BCUT2D eigenvalue weighted by Gasteiger charge is 2.12. The van der Waals surface area contributed by atoms with Crippen LogP contribution in [0.2, 0.25) is 5.02 Å². The molecule has 0 fully saturated rings. The molecule has 0 aliphatic rings. The Morgan fingerprint density at radius 2 is 1.72 bits per heavy atom. The lowest BCUT2D eigenvalue weighted by molar-refractivity contribution is -0.114. The zero-order chi connectivity index (χ0) is 17.8. The standard InChI is InChI=1S/C18H14ClN3O2S/c1-11(23)20-14-3-2-4-15(9-14)21-17(24)16-10-25-18(22-16)12-5-7-13(19)8-6-12/h2-10H,1H3,(H,20,23)(H,21,24). The van der Waals surface area contributed by atoms with Crippen molar-refractivity contribution in [2.45, 2.75) is 6.92 Å². The van der Waals surface area contributed by atoms with Crippen molar-refractivity contribution in [2.24, 2.45) is 0 Å². The van der Waals surface area contributed by atoms with E-state index in [2.05, 4.69) is 15.6 Å². The molecule has 0 bridgehead atoms. The van der Waals surface area contributed by atoms with Gasteiger partial charge in [0.15, 0.2) is 0 Å². The fourth-order valence-corrected chi connectivity index (χ4v) is 3.11.